The number of nitrogens with one attached hydrogen (secondary N) is 1. The van der Waals surface area contributed by atoms with Gasteiger partial charge in [0.25, 0.3) is 0 Å². The SMILES string of the molecule is CC1CC(OC(=O)C2CCC(=O)N2)CC(C)(C)C1. The Morgan fingerprint density at radius 2 is 2.11 bits per heavy atom. The number of esters is 1. The van der Waals surface area contributed by atoms with Gasteiger partial charge < -0.3 is 10.1 Å². The van der Waals surface area contributed by atoms with Crippen molar-refractivity contribution in [2.45, 2.75) is 65.0 Å². The van der Waals surface area contributed by atoms with Gasteiger partial charge in [-0.3, -0.25) is 4.79 Å². The van der Waals surface area contributed by atoms with Crippen LogP contribution in [0.4, 0.5) is 0 Å². The second kappa shape index (κ2) is 4.90. The van der Waals surface area contributed by atoms with Crippen LogP contribution in [0.25, 0.3) is 0 Å². The molecule has 0 aromatic heterocycles. The van der Waals surface area contributed by atoms with Gasteiger partial charge in [0.2, 0.25) is 5.91 Å². The van der Waals surface area contributed by atoms with Crippen LogP contribution in [-0.2, 0) is 14.3 Å². The normalized spacial score (nSPS) is 35.1. The Bertz CT molecular complexity index is 351. The molecule has 102 valence electrons. The van der Waals surface area contributed by atoms with E-state index in [-0.39, 0.29) is 23.4 Å². The van der Waals surface area contributed by atoms with E-state index in [9.17, 15) is 9.59 Å². The van der Waals surface area contributed by atoms with Crippen LogP contribution in [0, 0.1) is 11.3 Å². The zero-order valence-electron chi connectivity index (χ0n) is 11.5. The molecule has 3 atom stereocenters. The molecule has 1 heterocycles. The third-order valence-corrected chi connectivity index (χ3v) is 3.91. The van der Waals surface area contributed by atoms with Crippen molar-refractivity contribution in [3.63, 3.8) is 0 Å². The lowest BCUT2D eigenvalue weighted by Crippen LogP contribution is -2.40. The van der Waals surface area contributed by atoms with Crippen molar-refractivity contribution in [2.75, 3.05) is 0 Å². The summed E-state index contributed by atoms with van der Waals surface area (Å²) < 4.78 is 5.58. The highest BCUT2D eigenvalue weighted by molar-refractivity contribution is 5.88. The standard InChI is InChI=1S/C14H23NO3/c1-9-6-10(8-14(2,3)7-9)18-13(17)11-4-5-12(16)15-11/h9-11H,4-8H2,1-3H3,(H,15,16). The fourth-order valence-corrected chi connectivity index (χ4v) is 3.39. The van der Waals surface area contributed by atoms with Crippen LogP contribution in [0.2, 0.25) is 0 Å². The molecular formula is C14H23NO3. The van der Waals surface area contributed by atoms with Crippen LogP contribution >= 0.6 is 0 Å². The first kappa shape index (κ1) is 13.4. The van der Waals surface area contributed by atoms with Crippen LogP contribution in [0.3, 0.4) is 0 Å². The van der Waals surface area contributed by atoms with Crippen LogP contribution in [0.5, 0.6) is 0 Å². The third-order valence-electron chi connectivity index (χ3n) is 3.91. The summed E-state index contributed by atoms with van der Waals surface area (Å²) in [6.07, 6.45) is 4.06. The molecular weight excluding hydrogens is 230 g/mol. The number of rotatable bonds is 2. The molecule has 0 bridgehead atoms. The van der Waals surface area contributed by atoms with Gasteiger partial charge in [-0.05, 0) is 37.0 Å². The highest BCUT2D eigenvalue weighted by atomic mass is 16.5. The highest BCUT2D eigenvalue weighted by Gasteiger charge is 2.36. The number of carbonyl (C=O) groups excluding carboxylic acids is 2. The summed E-state index contributed by atoms with van der Waals surface area (Å²) in [6, 6.07) is -0.419. The fourth-order valence-electron chi connectivity index (χ4n) is 3.39. The topological polar surface area (TPSA) is 55.4 Å². The lowest BCUT2D eigenvalue weighted by Gasteiger charge is -2.38. The minimum Gasteiger partial charge on any atom is -0.461 e. The molecule has 2 rings (SSSR count). The highest BCUT2D eigenvalue weighted by Crippen LogP contribution is 2.39. The molecule has 1 aliphatic carbocycles. The Balaban J connectivity index is 1.89. The minimum absolute atomic E-state index is 0.00810. The predicted octanol–water partition coefficient (Wildman–Crippen LogP) is 2.02. The van der Waals surface area contributed by atoms with Gasteiger partial charge >= 0.3 is 5.97 Å². The van der Waals surface area contributed by atoms with Crippen LogP contribution in [0.15, 0.2) is 0 Å². The average molecular weight is 253 g/mol. The molecule has 0 aromatic rings. The maximum atomic E-state index is 11.9. The van der Waals surface area contributed by atoms with Crippen molar-refractivity contribution in [2.24, 2.45) is 11.3 Å². The van der Waals surface area contributed by atoms with E-state index in [0.29, 0.717) is 18.8 Å². The molecule has 0 radical (unpaired) electrons. The summed E-state index contributed by atoms with van der Waals surface area (Å²) in [6.45, 7) is 6.65. The first-order chi connectivity index (χ1) is 8.35. The number of ether oxygens (including phenoxy) is 1. The number of hydrogen-bond acceptors (Lipinski definition) is 3. The van der Waals surface area contributed by atoms with Gasteiger partial charge in [0.15, 0.2) is 0 Å². The second-order valence-electron chi connectivity index (χ2n) is 6.63. The Morgan fingerprint density at radius 3 is 2.67 bits per heavy atom. The maximum Gasteiger partial charge on any atom is 0.328 e. The second-order valence-corrected chi connectivity index (χ2v) is 6.63. The van der Waals surface area contributed by atoms with E-state index in [4.69, 9.17) is 4.74 Å². The molecule has 3 unspecified atom stereocenters. The molecule has 1 amide bonds. The number of amides is 1. The third kappa shape index (κ3) is 3.24. The van der Waals surface area contributed by atoms with Crippen LogP contribution in [0.1, 0.15) is 52.9 Å². The van der Waals surface area contributed by atoms with E-state index in [1.807, 2.05) is 0 Å². The molecule has 2 aliphatic rings. The molecule has 1 saturated heterocycles. The lowest BCUT2D eigenvalue weighted by molar-refractivity contribution is -0.156. The van der Waals surface area contributed by atoms with E-state index >= 15 is 0 Å². The van der Waals surface area contributed by atoms with Gasteiger partial charge in [-0.2, -0.15) is 0 Å². The molecule has 4 heteroatoms. The van der Waals surface area contributed by atoms with E-state index in [1.165, 1.54) is 6.42 Å². The largest absolute Gasteiger partial charge is 0.461 e. The molecule has 1 aliphatic heterocycles. The molecule has 18 heavy (non-hydrogen) atoms. The lowest BCUT2D eigenvalue weighted by atomic mass is 9.71. The molecule has 0 aromatic carbocycles. The fraction of sp³-hybridized carbons (Fsp3) is 0.857. The Hall–Kier alpha value is -1.06. The first-order valence-electron chi connectivity index (χ1n) is 6.85. The Labute approximate surface area is 108 Å². The van der Waals surface area contributed by atoms with Crippen LogP contribution in [-0.4, -0.2) is 24.0 Å². The quantitative estimate of drug-likeness (QED) is 0.766. The van der Waals surface area contributed by atoms with Crippen molar-refractivity contribution in [3.05, 3.63) is 0 Å². The predicted molar refractivity (Wildman–Crippen MR) is 67.8 cm³/mol. The van der Waals surface area contributed by atoms with Crippen molar-refractivity contribution in [1.82, 2.24) is 5.32 Å². The van der Waals surface area contributed by atoms with Crippen molar-refractivity contribution in [1.29, 1.82) is 0 Å². The molecule has 4 nitrogen and oxygen atoms in total. The monoisotopic (exact) mass is 253 g/mol. The summed E-state index contributed by atoms with van der Waals surface area (Å²) in [4.78, 5) is 23.0. The van der Waals surface area contributed by atoms with Gasteiger partial charge in [0.1, 0.15) is 12.1 Å². The molecule has 0 spiro atoms. The maximum absolute atomic E-state index is 11.9. The summed E-state index contributed by atoms with van der Waals surface area (Å²) in [5, 5.41) is 2.66. The minimum atomic E-state index is -0.419. The Kier molecular flexibility index (Phi) is 3.64. The van der Waals surface area contributed by atoms with E-state index in [1.54, 1.807) is 0 Å². The van der Waals surface area contributed by atoms with E-state index in [2.05, 4.69) is 26.1 Å². The molecule has 1 N–H and O–H groups in total. The van der Waals surface area contributed by atoms with Gasteiger partial charge in [-0.1, -0.05) is 20.8 Å². The average Bonchev–Trinajstić information content (AvgIpc) is 2.61. The molecule has 2 fully saturated rings. The summed E-state index contributed by atoms with van der Waals surface area (Å²) >= 11 is 0. The van der Waals surface area contributed by atoms with Crippen molar-refractivity contribution in [3.8, 4) is 0 Å². The number of carbonyl (C=O) groups is 2. The van der Waals surface area contributed by atoms with Crippen molar-refractivity contribution >= 4 is 11.9 Å². The van der Waals surface area contributed by atoms with Gasteiger partial charge in [0.05, 0.1) is 0 Å². The summed E-state index contributed by atoms with van der Waals surface area (Å²) in [5.74, 6) is 0.287. The Morgan fingerprint density at radius 1 is 1.39 bits per heavy atom. The molecule has 1 saturated carbocycles. The number of hydrogen-bond donors (Lipinski definition) is 1. The van der Waals surface area contributed by atoms with Crippen molar-refractivity contribution < 1.29 is 14.3 Å². The van der Waals surface area contributed by atoms with Crippen LogP contribution < -0.4 is 5.32 Å². The van der Waals surface area contributed by atoms with E-state index < -0.39 is 6.04 Å². The smallest absolute Gasteiger partial charge is 0.328 e. The van der Waals surface area contributed by atoms with Gasteiger partial charge in [-0.15, -0.1) is 0 Å². The van der Waals surface area contributed by atoms with E-state index in [0.717, 1.165) is 12.8 Å². The summed E-state index contributed by atoms with van der Waals surface area (Å²) in [7, 11) is 0. The zero-order valence-corrected chi connectivity index (χ0v) is 11.5. The van der Waals surface area contributed by atoms with Gasteiger partial charge in [0, 0.05) is 6.42 Å². The zero-order chi connectivity index (χ0) is 13.3. The summed E-state index contributed by atoms with van der Waals surface area (Å²) in [5.41, 5.74) is 0.238. The first-order valence-corrected chi connectivity index (χ1v) is 6.85. The van der Waals surface area contributed by atoms with Gasteiger partial charge in [-0.25, -0.2) is 4.79 Å².